The number of hydrogen-bond acceptors (Lipinski definition) is 5. The SMILES string of the molecule is O=C1C(=O)N(CCCN2CCOCC2)[C@@H](c2ccc(F)cc2)/C1=C(\O)c1ccccc1. The molecule has 2 saturated heterocycles. The summed E-state index contributed by atoms with van der Waals surface area (Å²) in [5.41, 5.74) is 1.08. The predicted molar refractivity (Wildman–Crippen MR) is 114 cm³/mol. The predicted octanol–water partition coefficient (Wildman–Crippen LogP) is 2.97. The second-order valence-electron chi connectivity index (χ2n) is 7.72. The molecule has 0 aromatic heterocycles. The average molecular weight is 424 g/mol. The zero-order valence-electron chi connectivity index (χ0n) is 17.2. The van der Waals surface area contributed by atoms with Crippen molar-refractivity contribution in [3.63, 3.8) is 0 Å². The Hall–Kier alpha value is -3.03. The highest BCUT2D eigenvalue weighted by Crippen LogP contribution is 2.39. The molecule has 0 saturated carbocycles. The monoisotopic (exact) mass is 424 g/mol. The number of ether oxygens (including phenoxy) is 1. The molecule has 2 aliphatic heterocycles. The van der Waals surface area contributed by atoms with Gasteiger partial charge in [-0.05, 0) is 24.1 Å². The number of carbonyl (C=O) groups is 2. The summed E-state index contributed by atoms with van der Waals surface area (Å²) in [6, 6.07) is 13.6. The first-order chi connectivity index (χ1) is 15.1. The van der Waals surface area contributed by atoms with E-state index in [9.17, 15) is 19.1 Å². The number of morpholine rings is 1. The van der Waals surface area contributed by atoms with Crippen LogP contribution in [0.3, 0.4) is 0 Å². The van der Waals surface area contributed by atoms with Crippen LogP contribution >= 0.6 is 0 Å². The van der Waals surface area contributed by atoms with Crippen LogP contribution in [-0.4, -0.2) is 66.0 Å². The third kappa shape index (κ3) is 4.52. The van der Waals surface area contributed by atoms with Gasteiger partial charge in [-0.25, -0.2) is 4.39 Å². The van der Waals surface area contributed by atoms with Crippen molar-refractivity contribution in [1.29, 1.82) is 0 Å². The number of rotatable bonds is 6. The first-order valence-electron chi connectivity index (χ1n) is 10.5. The summed E-state index contributed by atoms with van der Waals surface area (Å²) < 4.78 is 18.9. The molecule has 2 fully saturated rings. The fraction of sp³-hybridized carbons (Fsp3) is 0.333. The molecule has 2 aromatic carbocycles. The van der Waals surface area contributed by atoms with Crippen LogP contribution in [0.15, 0.2) is 60.2 Å². The highest BCUT2D eigenvalue weighted by molar-refractivity contribution is 6.46. The van der Waals surface area contributed by atoms with Gasteiger partial charge in [-0.15, -0.1) is 0 Å². The zero-order chi connectivity index (χ0) is 21.8. The first kappa shape index (κ1) is 21.2. The molecule has 0 bridgehead atoms. The maximum atomic E-state index is 13.5. The Labute approximate surface area is 180 Å². The molecule has 4 rings (SSSR count). The van der Waals surface area contributed by atoms with Crippen LogP contribution in [0.5, 0.6) is 0 Å². The molecule has 0 spiro atoms. The standard InChI is InChI=1S/C24H25FN2O4/c25-19-9-7-17(8-10-19)21-20(22(28)18-5-2-1-3-6-18)23(29)24(30)27(21)12-4-11-26-13-15-31-16-14-26/h1-3,5-10,21,28H,4,11-16H2/b22-20+/t21-/m0/s1. The quantitative estimate of drug-likeness (QED) is 0.439. The van der Waals surface area contributed by atoms with Gasteiger partial charge in [0, 0.05) is 31.7 Å². The van der Waals surface area contributed by atoms with E-state index in [2.05, 4.69) is 4.90 Å². The molecule has 1 N–H and O–H groups in total. The van der Waals surface area contributed by atoms with Crippen molar-refractivity contribution in [3.05, 3.63) is 77.1 Å². The van der Waals surface area contributed by atoms with E-state index < -0.39 is 23.5 Å². The van der Waals surface area contributed by atoms with Crippen LogP contribution in [-0.2, 0) is 14.3 Å². The number of nitrogens with zero attached hydrogens (tertiary/aromatic N) is 2. The fourth-order valence-corrected chi connectivity index (χ4v) is 4.14. The minimum Gasteiger partial charge on any atom is -0.507 e. The highest BCUT2D eigenvalue weighted by atomic mass is 19.1. The first-order valence-corrected chi connectivity index (χ1v) is 10.5. The number of aliphatic hydroxyl groups is 1. The number of amides is 1. The van der Waals surface area contributed by atoms with E-state index in [1.165, 1.54) is 17.0 Å². The molecule has 1 atom stereocenters. The Morgan fingerprint density at radius 3 is 2.35 bits per heavy atom. The van der Waals surface area contributed by atoms with Crippen LogP contribution in [0.4, 0.5) is 4.39 Å². The number of aliphatic hydroxyl groups excluding tert-OH is 1. The molecular weight excluding hydrogens is 399 g/mol. The summed E-state index contributed by atoms with van der Waals surface area (Å²) in [7, 11) is 0. The molecule has 7 heteroatoms. The lowest BCUT2D eigenvalue weighted by Crippen LogP contribution is -2.38. The Balaban J connectivity index is 1.65. The van der Waals surface area contributed by atoms with Gasteiger partial charge >= 0.3 is 0 Å². The third-order valence-corrected chi connectivity index (χ3v) is 5.75. The summed E-state index contributed by atoms with van der Waals surface area (Å²) in [5.74, 6) is -1.99. The largest absolute Gasteiger partial charge is 0.507 e. The lowest BCUT2D eigenvalue weighted by atomic mass is 9.95. The second kappa shape index (κ2) is 9.41. The van der Waals surface area contributed by atoms with Crippen molar-refractivity contribution in [2.75, 3.05) is 39.4 Å². The maximum absolute atomic E-state index is 13.5. The zero-order valence-corrected chi connectivity index (χ0v) is 17.2. The Morgan fingerprint density at radius 1 is 1.00 bits per heavy atom. The fourth-order valence-electron chi connectivity index (χ4n) is 4.14. The van der Waals surface area contributed by atoms with Crippen molar-refractivity contribution in [3.8, 4) is 0 Å². The van der Waals surface area contributed by atoms with Crippen molar-refractivity contribution in [2.45, 2.75) is 12.5 Å². The van der Waals surface area contributed by atoms with E-state index in [0.717, 1.165) is 19.6 Å². The van der Waals surface area contributed by atoms with Crippen LogP contribution in [0.2, 0.25) is 0 Å². The summed E-state index contributed by atoms with van der Waals surface area (Å²) in [4.78, 5) is 29.6. The van der Waals surface area contributed by atoms with Gasteiger partial charge in [-0.1, -0.05) is 42.5 Å². The lowest BCUT2D eigenvalue weighted by molar-refractivity contribution is -0.140. The highest BCUT2D eigenvalue weighted by Gasteiger charge is 2.45. The number of Topliss-reactive ketones (excluding diaryl/α,β-unsaturated/α-hetero) is 1. The molecule has 2 aromatic rings. The van der Waals surface area contributed by atoms with Gasteiger partial charge in [0.25, 0.3) is 11.7 Å². The Kier molecular flexibility index (Phi) is 6.44. The van der Waals surface area contributed by atoms with Gasteiger partial charge in [0.2, 0.25) is 0 Å². The molecule has 0 radical (unpaired) electrons. The Bertz CT molecular complexity index is 969. The van der Waals surface area contributed by atoms with E-state index >= 15 is 0 Å². The molecule has 0 unspecified atom stereocenters. The smallest absolute Gasteiger partial charge is 0.295 e. The van der Waals surface area contributed by atoms with E-state index in [-0.39, 0.29) is 11.3 Å². The normalized spacial score (nSPS) is 21.6. The third-order valence-electron chi connectivity index (χ3n) is 5.75. The van der Waals surface area contributed by atoms with Crippen molar-refractivity contribution in [1.82, 2.24) is 9.80 Å². The minimum atomic E-state index is -0.759. The van der Waals surface area contributed by atoms with E-state index in [0.29, 0.717) is 37.3 Å². The molecule has 0 aliphatic carbocycles. The average Bonchev–Trinajstić information content (AvgIpc) is 3.05. The summed E-state index contributed by atoms with van der Waals surface area (Å²) in [6.07, 6.45) is 0.677. The summed E-state index contributed by atoms with van der Waals surface area (Å²) in [6.45, 7) is 4.20. The Morgan fingerprint density at radius 2 is 1.68 bits per heavy atom. The van der Waals surface area contributed by atoms with E-state index in [4.69, 9.17) is 4.74 Å². The number of hydrogen-bond donors (Lipinski definition) is 1. The van der Waals surface area contributed by atoms with Gasteiger partial charge in [-0.3, -0.25) is 14.5 Å². The summed E-state index contributed by atoms with van der Waals surface area (Å²) >= 11 is 0. The van der Waals surface area contributed by atoms with Gasteiger partial charge in [0.15, 0.2) is 0 Å². The van der Waals surface area contributed by atoms with Gasteiger partial charge in [0.05, 0.1) is 24.8 Å². The maximum Gasteiger partial charge on any atom is 0.295 e. The van der Waals surface area contributed by atoms with Crippen LogP contribution in [0, 0.1) is 5.82 Å². The van der Waals surface area contributed by atoms with Gasteiger partial charge in [-0.2, -0.15) is 0 Å². The minimum absolute atomic E-state index is 0.0363. The van der Waals surface area contributed by atoms with Crippen molar-refractivity contribution >= 4 is 17.4 Å². The van der Waals surface area contributed by atoms with Gasteiger partial charge < -0.3 is 14.7 Å². The van der Waals surface area contributed by atoms with Crippen molar-refractivity contribution in [2.24, 2.45) is 0 Å². The van der Waals surface area contributed by atoms with Crippen LogP contribution < -0.4 is 0 Å². The molecule has 162 valence electrons. The van der Waals surface area contributed by atoms with Crippen LogP contribution in [0.1, 0.15) is 23.6 Å². The molecule has 2 heterocycles. The molecule has 2 aliphatic rings. The van der Waals surface area contributed by atoms with Crippen molar-refractivity contribution < 1.29 is 23.8 Å². The topological polar surface area (TPSA) is 70.1 Å². The van der Waals surface area contributed by atoms with Crippen LogP contribution in [0.25, 0.3) is 5.76 Å². The molecule has 1 amide bonds. The second-order valence-corrected chi connectivity index (χ2v) is 7.72. The molecule has 6 nitrogen and oxygen atoms in total. The number of carbonyl (C=O) groups excluding carboxylic acids is 2. The number of likely N-dealkylation sites (tertiary alicyclic amines) is 1. The molecule has 31 heavy (non-hydrogen) atoms. The lowest BCUT2D eigenvalue weighted by Gasteiger charge is -2.29. The van der Waals surface area contributed by atoms with E-state index in [1.54, 1.807) is 42.5 Å². The molecular formula is C24H25FN2O4. The van der Waals surface area contributed by atoms with E-state index in [1.807, 2.05) is 0 Å². The van der Waals surface area contributed by atoms with Gasteiger partial charge in [0.1, 0.15) is 11.6 Å². The summed E-state index contributed by atoms with van der Waals surface area (Å²) in [5, 5.41) is 10.9. The number of benzene rings is 2. The number of halogens is 1. The number of ketones is 1.